The standard InChI is InChI=1S/C17H17FO3/c1-11(19)17(2,16(20)21)13-8-9-14(15(18)10-13)12-6-4-3-5-7-12/h3-11,19H,1-2H3,(H,20,21). The van der Waals surface area contributed by atoms with Crippen molar-refractivity contribution >= 4 is 5.97 Å². The zero-order chi connectivity index (χ0) is 15.6. The number of halogens is 1. The monoisotopic (exact) mass is 288 g/mol. The highest BCUT2D eigenvalue weighted by molar-refractivity contribution is 5.82. The molecule has 0 aliphatic heterocycles. The van der Waals surface area contributed by atoms with E-state index in [0.29, 0.717) is 5.56 Å². The number of carboxylic acid groups (broad SMARTS) is 1. The summed E-state index contributed by atoms with van der Waals surface area (Å²) in [5, 5.41) is 19.1. The molecule has 0 heterocycles. The Hall–Kier alpha value is -2.20. The van der Waals surface area contributed by atoms with E-state index in [4.69, 9.17) is 0 Å². The summed E-state index contributed by atoms with van der Waals surface area (Å²) in [5.74, 6) is -1.70. The van der Waals surface area contributed by atoms with Gasteiger partial charge in [0.2, 0.25) is 0 Å². The van der Waals surface area contributed by atoms with E-state index in [-0.39, 0.29) is 5.56 Å². The van der Waals surface area contributed by atoms with E-state index in [1.54, 1.807) is 36.4 Å². The molecule has 2 N–H and O–H groups in total. The van der Waals surface area contributed by atoms with Crippen LogP contribution in [0, 0.1) is 5.82 Å². The number of benzene rings is 2. The quantitative estimate of drug-likeness (QED) is 0.908. The molecule has 2 atom stereocenters. The van der Waals surface area contributed by atoms with Gasteiger partial charge in [-0.05, 0) is 31.0 Å². The van der Waals surface area contributed by atoms with Crippen molar-refractivity contribution in [3.63, 3.8) is 0 Å². The molecule has 0 aromatic heterocycles. The van der Waals surface area contributed by atoms with Gasteiger partial charge in [0.15, 0.2) is 0 Å². The Kier molecular flexibility index (Phi) is 4.09. The van der Waals surface area contributed by atoms with Crippen molar-refractivity contribution in [3.8, 4) is 11.1 Å². The van der Waals surface area contributed by atoms with E-state index >= 15 is 0 Å². The third-order valence-electron chi connectivity index (χ3n) is 3.93. The average molecular weight is 288 g/mol. The zero-order valence-corrected chi connectivity index (χ0v) is 11.9. The van der Waals surface area contributed by atoms with Crippen LogP contribution in [0.3, 0.4) is 0 Å². The number of aliphatic hydroxyl groups is 1. The molecule has 0 aliphatic rings. The largest absolute Gasteiger partial charge is 0.481 e. The van der Waals surface area contributed by atoms with Gasteiger partial charge in [0.1, 0.15) is 11.2 Å². The van der Waals surface area contributed by atoms with Gasteiger partial charge in [0.05, 0.1) is 6.10 Å². The fraction of sp³-hybridized carbons (Fsp3) is 0.235. The minimum atomic E-state index is -1.55. The minimum absolute atomic E-state index is 0.238. The Balaban J connectivity index is 2.51. The topological polar surface area (TPSA) is 57.5 Å². The van der Waals surface area contributed by atoms with Gasteiger partial charge in [-0.15, -0.1) is 0 Å². The van der Waals surface area contributed by atoms with Crippen molar-refractivity contribution in [2.75, 3.05) is 0 Å². The van der Waals surface area contributed by atoms with Crippen molar-refractivity contribution in [2.45, 2.75) is 25.4 Å². The predicted molar refractivity (Wildman–Crippen MR) is 78.5 cm³/mol. The second kappa shape index (κ2) is 5.66. The smallest absolute Gasteiger partial charge is 0.316 e. The van der Waals surface area contributed by atoms with Crippen molar-refractivity contribution in [3.05, 3.63) is 59.9 Å². The van der Waals surface area contributed by atoms with Crippen LogP contribution in [0.1, 0.15) is 19.4 Å². The first-order valence-electron chi connectivity index (χ1n) is 6.64. The Morgan fingerprint density at radius 3 is 2.29 bits per heavy atom. The molecule has 4 heteroatoms. The van der Waals surface area contributed by atoms with E-state index in [9.17, 15) is 19.4 Å². The molecular formula is C17H17FO3. The van der Waals surface area contributed by atoms with Gasteiger partial charge in [0.25, 0.3) is 0 Å². The lowest BCUT2D eigenvalue weighted by molar-refractivity contribution is -0.147. The highest BCUT2D eigenvalue weighted by atomic mass is 19.1. The maximum Gasteiger partial charge on any atom is 0.316 e. The van der Waals surface area contributed by atoms with Gasteiger partial charge in [-0.25, -0.2) is 4.39 Å². The summed E-state index contributed by atoms with van der Waals surface area (Å²) in [6.07, 6.45) is -1.14. The molecule has 0 radical (unpaired) electrons. The highest BCUT2D eigenvalue weighted by Crippen LogP contribution is 2.32. The van der Waals surface area contributed by atoms with Gasteiger partial charge < -0.3 is 10.2 Å². The van der Waals surface area contributed by atoms with Gasteiger partial charge in [0, 0.05) is 5.56 Å². The molecule has 0 saturated carbocycles. The molecule has 0 bridgehead atoms. The first kappa shape index (κ1) is 15.2. The van der Waals surface area contributed by atoms with Crippen LogP contribution in [0.25, 0.3) is 11.1 Å². The molecule has 3 nitrogen and oxygen atoms in total. The average Bonchev–Trinajstić information content (AvgIpc) is 2.46. The summed E-state index contributed by atoms with van der Waals surface area (Å²) in [4.78, 5) is 11.4. The number of hydrogen-bond donors (Lipinski definition) is 2. The third-order valence-corrected chi connectivity index (χ3v) is 3.93. The SMILES string of the molecule is CC(O)C(C)(C(=O)O)c1ccc(-c2ccccc2)c(F)c1. The minimum Gasteiger partial charge on any atom is -0.481 e. The van der Waals surface area contributed by atoms with E-state index in [1.807, 2.05) is 6.07 Å². The molecular weight excluding hydrogens is 271 g/mol. The maximum atomic E-state index is 14.3. The molecule has 21 heavy (non-hydrogen) atoms. The number of aliphatic hydroxyl groups excluding tert-OH is 1. The third kappa shape index (κ3) is 2.67. The molecule has 2 unspecified atom stereocenters. The Bertz CT molecular complexity index is 652. The molecule has 2 aromatic rings. The fourth-order valence-corrected chi connectivity index (χ4v) is 2.23. The van der Waals surface area contributed by atoms with Crippen LogP contribution < -0.4 is 0 Å². The highest BCUT2D eigenvalue weighted by Gasteiger charge is 2.40. The first-order valence-corrected chi connectivity index (χ1v) is 6.64. The van der Waals surface area contributed by atoms with E-state index in [1.165, 1.54) is 19.9 Å². The van der Waals surface area contributed by atoms with Crippen LogP contribution in [-0.2, 0) is 10.2 Å². The van der Waals surface area contributed by atoms with Crippen molar-refractivity contribution in [2.24, 2.45) is 0 Å². The molecule has 0 saturated heterocycles. The van der Waals surface area contributed by atoms with Crippen LogP contribution in [0.15, 0.2) is 48.5 Å². The summed E-state index contributed by atoms with van der Waals surface area (Å²) in [6, 6.07) is 13.3. The fourth-order valence-electron chi connectivity index (χ4n) is 2.23. The van der Waals surface area contributed by atoms with E-state index in [2.05, 4.69) is 0 Å². The van der Waals surface area contributed by atoms with E-state index in [0.717, 1.165) is 5.56 Å². The summed E-state index contributed by atoms with van der Waals surface area (Å²) in [7, 11) is 0. The van der Waals surface area contributed by atoms with Gasteiger partial charge >= 0.3 is 5.97 Å². The second-order valence-electron chi connectivity index (χ2n) is 5.24. The Labute approximate surface area is 122 Å². The van der Waals surface area contributed by atoms with Gasteiger partial charge in [-0.3, -0.25) is 4.79 Å². The molecule has 2 rings (SSSR count). The molecule has 0 fully saturated rings. The molecule has 110 valence electrons. The summed E-state index contributed by atoms with van der Waals surface area (Å²) in [5.41, 5.74) is -0.189. The summed E-state index contributed by atoms with van der Waals surface area (Å²) < 4.78 is 14.3. The maximum absolute atomic E-state index is 14.3. The van der Waals surface area contributed by atoms with Crippen LogP contribution in [0.5, 0.6) is 0 Å². The lowest BCUT2D eigenvalue weighted by Crippen LogP contribution is -2.42. The number of carbonyl (C=O) groups is 1. The van der Waals surface area contributed by atoms with E-state index < -0.39 is 23.3 Å². The van der Waals surface area contributed by atoms with Crippen molar-refractivity contribution in [1.29, 1.82) is 0 Å². The second-order valence-corrected chi connectivity index (χ2v) is 5.24. The number of rotatable bonds is 4. The molecule has 0 spiro atoms. The lowest BCUT2D eigenvalue weighted by atomic mass is 9.77. The van der Waals surface area contributed by atoms with Crippen LogP contribution in [-0.4, -0.2) is 22.3 Å². The number of aliphatic carboxylic acids is 1. The van der Waals surface area contributed by atoms with Crippen molar-refractivity contribution in [1.82, 2.24) is 0 Å². The predicted octanol–water partition coefficient (Wildman–Crippen LogP) is 3.22. The van der Waals surface area contributed by atoms with Crippen molar-refractivity contribution < 1.29 is 19.4 Å². The van der Waals surface area contributed by atoms with Gasteiger partial charge in [-0.1, -0.05) is 42.5 Å². The number of hydrogen-bond acceptors (Lipinski definition) is 2. The number of carboxylic acids is 1. The molecule has 0 amide bonds. The Morgan fingerprint density at radius 1 is 1.19 bits per heavy atom. The molecule has 2 aromatic carbocycles. The zero-order valence-electron chi connectivity index (χ0n) is 11.9. The van der Waals surface area contributed by atoms with Crippen LogP contribution >= 0.6 is 0 Å². The van der Waals surface area contributed by atoms with Crippen LogP contribution in [0.4, 0.5) is 4.39 Å². The normalized spacial score (nSPS) is 15.2. The first-order chi connectivity index (χ1) is 9.87. The van der Waals surface area contributed by atoms with Crippen LogP contribution in [0.2, 0.25) is 0 Å². The molecule has 0 aliphatic carbocycles. The van der Waals surface area contributed by atoms with Gasteiger partial charge in [-0.2, -0.15) is 0 Å². The summed E-state index contributed by atoms with van der Waals surface area (Å²) in [6.45, 7) is 2.77. The lowest BCUT2D eigenvalue weighted by Gasteiger charge is -2.28. The Morgan fingerprint density at radius 2 is 1.81 bits per heavy atom. The summed E-state index contributed by atoms with van der Waals surface area (Å²) >= 11 is 0.